The van der Waals surface area contributed by atoms with Crippen molar-refractivity contribution in [1.82, 2.24) is 10.6 Å². The Kier molecular flexibility index (Phi) is 8.55. The highest BCUT2D eigenvalue weighted by Gasteiger charge is 2.22. The molecule has 1 heterocycles. The molecule has 2 unspecified atom stereocenters. The maximum Gasteiger partial charge on any atom is 0.237 e. The Morgan fingerprint density at radius 1 is 1.15 bits per heavy atom. The lowest BCUT2D eigenvalue weighted by molar-refractivity contribution is -0.124. The van der Waals surface area contributed by atoms with Gasteiger partial charge in [0.05, 0.1) is 6.04 Å². The summed E-state index contributed by atoms with van der Waals surface area (Å²) in [5.74, 6) is 1.14. The van der Waals surface area contributed by atoms with Crippen molar-refractivity contribution in [2.24, 2.45) is 5.92 Å². The van der Waals surface area contributed by atoms with Gasteiger partial charge >= 0.3 is 0 Å². The van der Waals surface area contributed by atoms with E-state index in [9.17, 15) is 4.79 Å². The first kappa shape index (κ1) is 17.8. The van der Waals surface area contributed by atoms with Crippen LogP contribution in [0.1, 0.15) is 71.1 Å². The minimum absolute atomic E-state index is 0. The quantitative estimate of drug-likeness (QED) is 0.817. The molecule has 0 bridgehead atoms. The first-order valence-corrected chi connectivity index (χ1v) is 8.29. The molecule has 2 fully saturated rings. The Hall–Kier alpha value is -0.280. The summed E-state index contributed by atoms with van der Waals surface area (Å²) in [6.07, 6.45) is 12.9. The minimum atomic E-state index is 0. The topological polar surface area (TPSA) is 41.1 Å². The Morgan fingerprint density at radius 2 is 1.85 bits per heavy atom. The van der Waals surface area contributed by atoms with Crippen LogP contribution in [0.5, 0.6) is 0 Å². The van der Waals surface area contributed by atoms with Crippen LogP contribution in [0.3, 0.4) is 0 Å². The van der Waals surface area contributed by atoms with E-state index >= 15 is 0 Å². The van der Waals surface area contributed by atoms with Gasteiger partial charge in [-0.25, -0.2) is 0 Å². The van der Waals surface area contributed by atoms with Crippen molar-refractivity contribution in [3.63, 3.8) is 0 Å². The molecule has 1 amide bonds. The molecular formula is C16H31ClN2O. The molecule has 3 nitrogen and oxygen atoms in total. The van der Waals surface area contributed by atoms with E-state index < -0.39 is 0 Å². The van der Waals surface area contributed by atoms with E-state index in [1.807, 2.05) is 0 Å². The molecule has 0 aromatic heterocycles. The predicted octanol–water partition coefficient (Wildman–Crippen LogP) is 3.42. The fraction of sp³-hybridized carbons (Fsp3) is 0.938. The van der Waals surface area contributed by atoms with Gasteiger partial charge in [-0.05, 0) is 45.1 Å². The highest BCUT2D eigenvalue weighted by Crippen LogP contribution is 2.27. The zero-order valence-corrected chi connectivity index (χ0v) is 13.6. The number of halogens is 1. The van der Waals surface area contributed by atoms with Gasteiger partial charge in [0.25, 0.3) is 0 Å². The third-order valence-corrected chi connectivity index (χ3v) is 4.75. The maximum atomic E-state index is 12.1. The van der Waals surface area contributed by atoms with Gasteiger partial charge in [0.2, 0.25) is 5.91 Å². The molecule has 0 spiro atoms. The lowest BCUT2D eigenvalue weighted by Crippen LogP contribution is -2.49. The molecule has 0 aromatic carbocycles. The van der Waals surface area contributed by atoms with Crippen LogP contribution in [-0.4, -0.2) is 24.5 Å². The van der Waals surface area contributed by atoms with E-state index in [-0.39, 0.29) is 24.4 Å². The largest absolute Gasteiger partial charge is 0.352 e. The van der Waals surface area contributed by atoms with Crippen LogP contribution >= 0.6 is 12.4 Å². The molecule has 0 aromatic rings. The van der Waals surface area contributed by atoms with Crippen LogP contribution in [0.15, 0.2) is 0 Å². The van der Waals surface area contributed by atoms with Crippen LogP contribution in [-0.2, 0) is 4.79 Å². The van der Waals surface area contributed by atoms with Crippen molar-refractivity contribution in [2.45, 2.75) is 83.2 Å². The summed E-state index contributed by atoms with van der Waals surface area (Å²) in [7, 11) is 0. The molecule has 0 radical (unpaired) electrons. The van der Waals surface area contributed by atoms with Gasteiger partial charge in [-0.3, -0.25) is 4.79 Å². The third-order valence-electron chi connectivity index (χ3n) is 4.75. The van der Waals surface area contributed by atoms with Crippen LogP contribution in [0, 0.1) is 5.92 Å². The van der Waals surface area contributed by atoms with Crippen molar-refractivity contribution < 1.29 is 4.79 Å². The van der Waals surface area contributed by atoms with Crippen LogP contribution < -0.4 is 10.6 Å². The fourth-order valence-corrected chi connectivity index (χ4v) is 3.45. The molecule has 1 aliphatic heterocycles. The van der Waals surface area contributed by atoms with E-state index in [1.165, 1.54) is 51.4 Å². The van der Waals surface area contributed by atoms with Gasteiger partial charge < -0.3 is 10.6 Å². The van der Waals surface area contributed by atoms with Crippen molar-refractivity contribution >= 4 is 18.3 Å². The van der Waals surface area contributed by atoms with Crippen molar-refractivity contribution in [3.8, 4) is 0 Å². The molecule has 2 aliphatic rings. The first-order valence-electron chi connectivity index (χ1n) is 8.29. The van der Waals surface area contributed by atoms with Gasteiger partial charge in [-0.2, -0.15) is 0 Å². The smallest absolute Gasteiger partial charge is 0.237 e. The fourth-order valence-electron chi connectivity index (χ4n) is 3.45. The number of hydrogen-bond acceptors (Lipinski definition) is 2. The summed E-state index contributed by atoms with van der Waals surface area (Å²) in [4.78, 5) is 12.1. The monoisotopic (exact) mass is 302 g/mol. The lowest BCUT2D eigenvalue weighted by atomic mass is 9.85. The SMILES string of the molecule is CC(CCC1CCCCC1)NC(=O)C1CCCCN1.Cl. The lowest BCUT2D eigenvalue weighted by Gasteiger charge is -2.26. The molecule has 20 heavy (non-hydrogen) atoms. The molecule has 2 rings (SSSR count). The molecule has 4 heteroatoms. The van der Waals surface area contributed by atoms with E-state index in [0.717, 1.165) is 25.3 Å². The highest BCUT2D eigenvalue weighted by molar-refractivity contribution is 5.85. The molecule has 1 saturated carbocycles. The van der Waals surface area contributed by atoms with Gasteiger partial charge in [0.1, 0.15) is 0 Å². The second-order valence-corrected chi connectivity index (χ2v) is 6.49. The van der Waals surface area contributed by atoms with E-state index in [2.05, 4.69) is 17.6 Å². The second kappa shape index (κ2) is 9.62. The summed E-state index contributed by atoms with van der Waals surface area (Å²) in [6.45, 7) is 3.15. The highest BCUT2D eigenvalue weighted by atomic mass is 35.5. The summed E-state index contributed by atoms with van der Waals surface area (Å²) < 4.78 is 0. The summed E-state index contributed by atoms with van der Waals surface area (Å²) in [5.41, 5.74) is 0. The summed E-state index contributed by atoms with van der Waals surface area (Å²) in [5, 5.41) is 6.51. The zero-order chi connectivity index (χ0) is 13.5. The Labute approximate surface area is 130 Å². The second-order valence-electron chi connectivity index (χ2n) is 6.49. The molecule has 2 N–H and O–H groups in total. The van der Waals surface area contributed by atoms with E-state index in [0.29, 0.717) is 6.04 Å². The molecular weight excluding hydrogens is 272 g/mol. The van der Waals surface area contributed by atoms with Gasteiger partial charge in [-0.15, -0.1) is 12.4 Å². The summed E-state index contributed by atoms with van der Waals surface area (Å²) in [6, 6.07) is 0.393. The van der Waals surface area contributed by atoms with Crippen molar-refractivity contribution in [3.05, 3.63) is 0 Å². The number of hydrogen-bond donors (Lipinski definition) is 2. The molecule has 1 saturated heterocycles. The number of carbonyl (C=O) groups is 1. The number of nitrogens with one attached hydrogen (secondary N) is 2. The molecule has 1 aliphatic carbocycles. The zero-order valence-electron chi connectivity index (χ0n) is 12.8. The normalized spacial score (nSPS) is 25.6. The van der Waals surface area contributed by atoms with Crippen molar-refractivity contribution in [1.29, 1.82) is 0 Å². The van der Waals surface area contributed by atoms with Gasteiger partial charge in [-0.1, -0.05) is 38.5 Å². The standard InChI is InChI=1S/C16H30N2O.ClH/c1-13(10-11-14-7-3-2-4-8-14)18-16(19)15-9-5-6-12-17-15;/h13-15,17H,2-12H2,1H3,(H,18,19);1H. The molecule has 2 atom stereocenters. The van der Waals surface area contributed by atoms with Crippen molar-refractivity contribution in [2.75, 3.05) is 6.54 Å². The number of piperidine rings is 1. The first-order chi connectivity index (χ1) is 9.25. The Balaban J connectivity index is 0.00000200. The van der Waals surface area contributed by atoms with Crippen LogP contribution in [0.4, 0.5) is 0 Å². The predicted molar refractivity (Wildman–Crippen MR) is 86.3 cm³/mol. The van der Waals surface area contributed by atoms with E-state index in [1.54, 1.807) is 0 Å². The Morgan fingerprint density at radius 3 is 2.50 bits per heavy atom. The van der Waals surface area contributed by atoms with Gasteiger partial charge in [0, 0.05) is 6.04 Å². The van der Waals surface area contributed by atoms with Crippen LogP contribution in [0.2, 0.25) is 0 Å². The van der Waals surface area contributed by atoms with Gasteiger partial charge in [0.15, 0.2) is 0 Å². The number of rotatable bonds is 5. The average Bonchev–Trinajstić information content (AvgIpc) is 2.47. The third kappa shape index (κ3) is 6.01. The maximum absolute atomic E-state index is 12.1. The average molecular weight is 303 g/mol. The minimum Gasteiger partial charge on any atom is -0.352 e. The Bertz CT molecular complexity index is 274. The van der Waals surface area contributed by atoms with E-state index in [4.69, 9.17) is 0 Å². The molecule has 118 valence electrons. The number of carbonyl (C=O) groups excluding carboxylic acids is 1. The summed E-state index contributed by atoms with van der Waals surface area (Å²) >= 11 is 0. The van der Waals surface area contributed by atoms with Crippen LogP contribution in [0.25, 0.3) is 0 Å². The number of amides is 1.